The third kappa shape index (κ3) is 5.03. The summed E-state index contributed by atoms with van der Waals surface area (Å²) in [4.78, 5) is 0.00602. The summed E-state index contributed by atoms with van der Waals surface area (Å²) in [7, 11) is -3.74. The van der Waals surface area contributed by atoms with E-state index in [2.05, 4.69) is 4.72 Å². The van der Waals surface area contributed by atoms with Crippen molar-refractivity contribution in [2.45, 2.75) is 38.3 Å². The molecular formula is C14H23FN2O3S. The van der Waals surface area contributed by atoms with Crippen molar-refractivity contribution < 1.29 is 17.5 Å². The van der Waals surface area contributed by atoms with Gasteiger partial charge < -0.3 is 10.5 Å². The van der Waals surface area contributed by atoms with Gasteiger partial charge in [-0.25, -0.2) is 17.5 Å². The first kappa shape index (κ1) is 18.0. The van der Waals surface area contributed by atoms with Crippen molar-refractivity contribution in [3.8, 4) is 0 Å². The monoisotopic (exact) mass is 318 g/mol. The van der Waals surface area contributed by atoms with Gasteiger partial charge in [-0.05, 0) is 31.0 Å². The Kier molecular flexibility index (Phi) is 6.73. The molecule has 1 atom stereocenters. The van der Waals surface area contributed by atoms with Gasteiger partial charge in [0.2, 0.25) is 10.0 Å². The van der Waals surface area contributed by atoms with Gasteiger partial charge in [-0.3, -0.25) is 0 Å². The molecule has 1 unspecified atom stereocenters. The topological polar surface area (TPSA) is 81.4 Å². The summed E-state index contributed by atoms with van der Waals surface area (Å²) in [5, 5.41) is 0. The van der Waals surface area contributed by atoms with Crippen LogP contribution >= 0.6 is 0 Å². The van der Waals surface area contributed by atoms with Crippen LogP contribution in [-0.4, -0.2) is 27.7 Å². The average Bonchev–Trinajstić information content (AvgIpc) is 2.43. The molecule has 0 spiro atoms. The van der Waals surface area contributed by atoms with Gasteiger partial charge in [0.25, 0.3) is 0 Å². The number of nitrogens with one attached hydrogen (secondary N) is 1. The Morgan fingerprint density at radius 1 is 1.38 bits per heavy atom. The van der Waals surface area contributed by atoms with Crippen molar-refractivity contribution in [3.05, 3.63) is 29.6 Å². The highest BCUT2D eigenvalue weighted by atomic mass is 32.2. The second-order valence-corrected chi connectivity index (χ2v) is 6.80. The Hall–Kier alpha value is -1.02. The summed E-state index contributed by atoms with van der Waals surface area (Å²) in [6.07, 6.45) is 0. The van der Waals surface area contributed by atoms with Crippen LogP contribution in [0.1, 0.15) is 26.3 Å². The Bertz CT molecular complexity index is 561. The van der Waals surface area contributed by atoms with Crippen LogP contribution in [0.3, 0.4) is 0 Å². The molecule has 0 amide bonds. The molecule has 1 aromatic rings. The lowest BCUT2D eigenvalue weighted by atomic mass is 10.1. The summed E-state index contributed by atoms with van der Waals surface area (Å²) in [5.74, 6) is -0.438. The van der Waals surface area contributed by atoms with Gasteiger partial charge >= 0.3 is 0 Å². The molecule has 120 valence electrons. The lowest BCUT2D eigenvalue weighted by Gasteiger charge is -2.22. The maximum Gasteiger partial charge on any atom is 0.240 e. The van der Waals surface area contributed by atoms with Gasteiger partial charge in [0.15, 0.2) is 0 Å². The standard InChI is InChI=1S/C14H23FN2O3S/c1-4-20-9-14(10(2)3)17-21(18,19)12-5-6-13(15)11(7-12)8-16/h5-7,10,14,17H,4,8-9,16H2,1-3H3. The lowest BCUT2D eigenvalue weighted by molar-refractivity contribution is 0.116. The average molecular weight is 318 g/mol. The largest absolute Gasteiger partial charge is 0.380 e. The fourth-order valence-electron chi connectivity index (χ4n) is 1.75. The highest BCUT2D eigenvalue weighted by molar-refractivity contribution is 7.89. The summed E-state index contributed by atoms with van der Waals surface area (Å²) in [5.41, 5.74) is 5.57. The molecule has 7 heteroatoms. The van der Waals surface area contributed by atoms with Crippen molar-refractivity contribution in [3.63, 3.8) is 0 Å². The maximum absolute atomic E-state index is 13.4. The van der Waals surface area contributed by atoms with Crippen LogP contribution in [0.2, 0.25) is 0 Å². The van der Waals surface area contributed by atoms with Crippen molar-refractivity contribution >= 4 is 10.0 Å². The summed E-state index contributed by atoms with van der Waals surface area (Å²) in [6.45, 7) is 6.41. The Morgan fingerprint density at radius 3 is 2.57 bits per heavy atom. The van der Waals surface area contributed by atoms with Crippen molar-refractivity contribution in [2.24, 2.45) is 11.7 Å². The fraction of sp³-hybridized carbons (Fsp3) is 0.571. The Balaban J connectivity index is 2.98. The first-order valence-corrected chi connectivity index (χ1v) is 8.38. The fourth-order valence-corrected chi connectivity index (χ4v) is 3.17. The molecule has 0 aliphatic heterocycles. The zero-order valence-electron chi connectivity index (χ0n) is 12.6. The smallest absolute Gasteiger partial charge is 0.240 e. The molecule has 0 aliphatic rings. The number of rotatable bonds is 8. The normalized spacial score (nSPS) is 13.6. The third-order valence-electron chi connectivity index (χ3n) is 3.16. The van der Waals surface area contributed by atoms with E-state index in [9.17, 15) is 12.8 Å². The van der Waals surface area contributed by atoms with Crippen LogP contribution in [0, 0.1) is 11.7 Å². The molecule has 3 N–H and O–H groups in total. The van der Waals surface area contributed by atoms with Crippen LogP contribution < -0.4 is 10.5 Å². The van der Waals surface area contributed by atoms with E-state index < -0.39 is 15.8 Å². The lowest BCUT2D eigenvalue weighted by Crippen LogP contribution is -2.41. The van der Waals surface area contributed by atoms with Gasteiger partial charge in [-0.15, -0.1) is 0 Å². The zero-order valence-corrected chi connectivity index (χ0v) is 13.4. The number of nitrogens with two attached hydrogens (primary N) is 1. The minimum absolute atomic E-state index is 0.00602. The van der Waals surface area contributed by atoms with Crippen LogP contribution in [0.15, 0.2) is 23.1 Å². The molecule has 0 bridgehead atoms. The number of hydrogen-bond donors (Lipinski definition) is 2. The number of halogens is 1. The quantitative estimate of drug-likeness (QED) is 0.763. The van der Waals surface area contributed by atoms with E-state index in [-0.39, 0.29) is 29.0 Å². The van der Waals surface area contributed by atoms with Crippen molar-refractivity contribution in [1.29, 1.82) is 0 Å². The van der Waals surface area contributed by atoms with Crippen molar-refractivity contribution in [1.82, 2.24) is 4.72 Å². The Labute approximate surface area is 125 Å². The number of ether oxygens (including phenoxy) is 1. The van der Waals surface area contributed by atoms with Crippen LogP contribution in [0.25, 0.3) is 0 Å². The number of sulfonamides is 1. The highest BCUT2D eigenvalue weighted by Crippen LogP contribution is 2.16. The maximum atomic E-state index is 13.4. The molecule has 1 rings (SSSR count). The molecule has 0 fully saturated rings. The number of hydrogen-bond acceptors (Lipinski definition) is 4. The van der Waals surface area contributed by atoms with Gasteiger partial charge in [-0.2, -0.15) is 0 Å². The molecule has 5 nitrogen and oxygen atoms in total. The van der Waals surface area contributed by atoms with Crippen LogP contribution in [0.5, 0.6) is 0 Å². The minimum Gasteiger partial charge on any atom is -0.380 e. The predicted molar refractivity (Wildman–Crippen MR) is 79.7 cm³/mol. The summed E-state index contributed by atoms with van der Waals surface area (Å²) >= 11 is 0. The van der Waals surface area contributed by atoms with Gasteiger partial charge in [0.1, 0.15) is 5.82 Å². The molecule has 0 aromatic heterocycles. The second kappa shape index (κ2) is 7.84. The highest BCUT2D eigenvalue weighted by Gasteiger charge is 2.23. The van der Waals surface area contributed by atoms with E-state index in [0.717, 1.165) is 6.07 Å². The molecule has 0 radical (unpaired) electrons. The van der Waals surface area contributed by atoms with E-state index >= 15 is 0 Å². The minimum atomic E-state index is -3.74. The first-order valence-electron chi connectivity index (χ1n) is 6.90. The molecular weight excluding hydrogens is 295 g/mol. The molecule has 0 saturated carbocycles. The molecule has 0 heterocycles. The van der Waals surface area contributed by atoms with Gasteiger partial charge in [0.05, 0.1) is 11.5 Å². The second-order valence-electron chi connectivity index (χ2n) is 5.09. The first-order chi connectivity index (χ1) is 9.81. The van der Waals surface area contributed by atoms with Crippen LogP contribution in [-0.2, 0) is 21.3 Å². The summed E-state index contributed by atoms with van der Waals surface area (Å²) in [6, 6.07) is 3.26. The molecule has 21 heavy (non-hydrogen) atoms. The van der Waals surface area contributed by atoms with Gasteiger partial charge in [0, 0.05) is 24.8 Å². The molecule has 0 saturated heterocycles. The Morgan fingerprint density at radius 2 is 2.05 bits per heavy atom. The SMILES string of the molecule is CCOCC(NS(=O)(=O)c1ccc(F)c(CN)c1)C(C)C. The summed E-state index contributed by atoms with van der Waals surface area (Å²) < 4.78 is 46.0. The zero-order chi connectivity index (χ0) is 16.0. The predicted octanol–water partition coefficient (Wildman–Crippen LogP) is 1.62. The number of benzene rings is 1. The van der Waals surface area contributed by atoms with E-state index in [1.165, 1.54) is 12.1 Å². The van der Waals surface area contributed by atoms with E-state index in [1.807, 2.05) is 20.8 Å². The van der Waals surface area contributed by atoms with Gasteiger partial charge in [-0.1, -0.05) is 13.8 Å². The van der Waals surface area contributed by atoms with E-state index in [1.54, 1.807) is 0 Å². The molecule has 0 aliphatic carbocycles. The molecule has 1 aromatic carbocycles. The van der Waals surface area contributed by atoms with Crippen molar-refractivity contribution in [2.75, 3.05) is 13.2 Å². The third-order valence-corrected chi connectivity index (χ3v) is 4.65. The van der Waals surface area contributed by atoms with Crippen LogP contribution in [0.4, 0.5) is 4.39 Å². The van der Waals surface area contributed by atoms with E-state index in [4.69, 9.17) is 10.5 Å². The van der Waals surface area contributed by atoms with E-state index in [0.29, 0.717) is 13.2 Å².